The largest absolute Gasteiger partial charge is 0.496 e. The van der Waals surface area contributed by atoms with E-state index in [1.165, 1.54) is 5.56 Å². The summed E-state index contributed by atoms with van der Waals surface area (Å²) in [5.41, 5.74) is 1.27. The highest BCUT2D eigenvalue weighted by Crippen LogP contribution is 2.28. The van der Waals surface area contributed by atoms with Crippen molar-refractivity contribution in [3.63, 3.8) is 0 Å². The lowest BCUT2D eigenvalue weighted by Gasteiger charge is -2.20. The summed E-state index contributed by atoms with van der Waals surface area (Å²) in [7, 11) is 1.68. The third-order valence-electron chi connectivity index (χ3n) is 2.63. The van der Waals surface area contributed by atoms with Crippen molar-refractivity contribution in [3.05, 3.63) is 28.2 Å². The molecule has 2 unspecified atom stereocenters. The summed E-state index contributed by atoms with van der Waals surface area (Å²) >= 11 is 5.38. The van der Waals surface area contributed by atoms with Gasteiger partial charge in [-0.3, -0.25) is 0 Å². The Bertz CT molecular complexity index is 359. The van der Waals surface area contributed by atoms with Crippen LogP contribution >= 0.6 is 27.7 Å². The first kappa shape index (κ1) is 14.9. The van der Waals surface area contributed by atoms with Crippen LogP contribution in [-0.2, 0) is 0 Å². The van der Waals surface area contributed by atoms with Gasteiger partial charge in [0.15, 0.2) is 0 Å². The molecule has 2 atom stereocenters. The van der Waals surface area contributed by atoms with Crippen molar-refractivity contribution in [1.82, 2.24) is 5.32 Å². The fourth-order valence-electron chi connectivity index (χ4n) is 1.77. The minimum atomic E-state index is 0.347. The Morgan fingerprint density at radius 2 is 2.12 bits per heavy atom. The molecule has 1 aromatic rings. The van der Waals surface area contributed by atoms with Crippen LogP contribution in [0.5, 0.6) is 5.75 Å². The van der Waals surface area contributed by atoms with Crippen molar-refractivity contribution in [2.75, 3.05) is 19.1 Å². The highest BCUT2D eigenvalue weighted by Gasteiger charge is 2.10. The summed E-state index contributed by atoms with van der Waals surface area (Å²) < 4.78 is 6.23. The zero-order valence-electron chi connectivity index (χ0n) is 10.8. The molecule has 1 N–H and O–H groups in total. The first-order valence-electron chi connectivity index (χ1n) is 5.67. The number of halogens is 1. The van der Waals surface area contributed by atoms with Crippen molar-refractivity contribution in [2.45, 2.75) is 25.9 Å². The highest BCUT2D eigenvalue weighted by molar-refractivity contribution is 9.10. The van der Waals surface area contributed by atoms with Gasteiger partial charge in [-0.2, -0.15) is 11.8 Å². The molecule has 0 aromatic heterocycles. The number of hydrogen-bond acceptors (Lipinski definition) is 3. The van der Waals surface area contributed by atoms with Crippen molar-refractivity contribution < 1.29 is 4.74 Å². The van der Waals surface area contributed by atoms with Gasteiger partial charge in [0.05, 0.1) is 11.6 Å². The van der Waals surface area contributed by atoms with Crippen LogP contribution in [0.25, 0.3) is 0 Å². The summed E-state index contributed by atoms with van der Waals surface area (Å²) in [6, 6.07) is 7.08. The average Bonchev–Trinajstić information content (AvgIpc) is 2.29. The van der Waals surface area contributed by atoms with Crippen molar-refractivity contribution in [3.8, 4) is 5.75 Å². The molecule has 4 heteroatoms. The van der Waals surface area contributed by atoms with Crippen molar-refractivity contribution >= 4 is 27.7 Å². The van der Waals surface area contributed by atoms with Gasteiger partial charge >= 0.3 is 0 Å². The van der Waals surface area contributed by atoms with Gasteiger partial charge in [0.2, 0.25) is 0 Å². The van der Waals surface area contributed by atoms with E-state index in [-0.39, 0.29) is 0 Å². The molecule has 0 fully saturated rings. The van der Waals surface area contributed by atoms with E-state index < -0.39 is 0 Å². The maximum atomic E-state index is 5.23. The fourth-order valence-corrected chi connectivity index (χ4v) is 2.93. The van der Waals surface area contributed by atoms with E-state index in [4.69, 9.17) is 4.74 Å². The maximum absolute atomic E-state index is 5.23. The van der Waals surface area contributed by atoms with Gasteiger partial charge in [-0.15, -0.1) is 0 Å². The van der Waals surface area contributed by atoms with Crippen LogP contribution in [-0.4, -0.2) is 25.2 Å². The summed E-state index contributed by atoms with van der Waals surface area (Å²) in [5, 5.41) is 3.58. The number of hydrogen-bond donors (Lipinski definition) is 1. The molecule has 96 valence electrons. The zero-order chi connectivity index (χ0) is 12.8. The van der Waals surface area contributed by atoms with E-state index in [1.807, 2.05) is 17.8 Å². The van der Waals surface area contributed by atoms with Gasteiger partial charge in [-0.25, -0.2) is 0 Å². The molecule has 0 spiro atoms. The molecule has 0 aliphatic rings. The van der Waals surface area contributed by atoms with Crippen LogP contribution in [0.4, 0.5) is 0 Å². The predicted molar refractivity (Wildman–Crippen MR) is 80.1 cm³/mol. The van der Waals surface area contributed by atoms with E-state index in [0.717, 1.165) is 16.0 Å². The van der Waals surface area contributed by atoms with E-state index in [2.05, 4.69) is 53.5 Å². The van der Waals surface area contributed by atoms with Crippen LogP contribution in [0.3, 0.4) is 0 Å². The summed E-state index contributed by atoms with van der Waals surface area (Å²) in [4.78, 5) is 0. The predicted octanol–water partition coefficient (Wildman–Crippen LogP) is 3.86. The molecule has 0 aliphatic carbocycles. The van der Waals surface area contributed by atoms with E-state index >= 15 is 0 Å². The van der Waals surface area contributed by atoms with Gasteiger partial charge in [-0.1, -0.05) is 6.07 Å². The molecule has 17 heavy (non-hydrogen) atoms. The van der Waals surface area contributed by atoms with E-state index in [9.17, 15) is 0 Å². The summed E-state index contributed by atoms with van der Waals surface area (Å²) in [5.74, 6) is 2.00. The third kappa shape index (κ3) is 4.53. The van der Waals surface area contributed by atoms with Crippen LogP contribution in [0.2, 0.25) is 0 Å². The molecule has 0 heterocycles. The minimum Gasteiger partial charge on any atom is -0.496 e. The standard InChI is InChI=1S/C13H20BrNOS/c1-9(8-17-4)15-10(2)11-5-6-13(16-3)12(14)7-11/h5-7,9-10,15H,8H2,1-4H3. The first-order chi connectivity index (χ1) is 8.08. The Morgan fingerprint density at radius 3 is 2.65 bits per heavy atom. The second-order valence-electron chi connectivity index (χ2n) is 4.14. The Kier molecular flexibility index (Phi) is 6.38. The van der Waals surface area contributed by atoms with Crippen LogP contribution in [0.1, 0.15) is 25.5 Å². The van der Waals surface area contributed by atoms with E-state index in [1.54, 1.807) is 7.11 Å². The molecular formula is C13H20BrNOS. The van der Waals surface area contributed by atoms with Crippen molar-refractivity contribution in [1.29, 1.82) is 0 Å². The molecule has 0 aliphatic heterocycles. The monoisotopic (exact) mass is 317 g/mol. The number of rotatable bonds is 6. The molecule has 0 radical (unpaired) electrons. The second kappa shape index (κ2) is 7.29. The van der Waals surface area contributed by atoms with Gasteiger partial charge < -0.3 is 10.1 Å². The smallest absolute Gasteiger partial charge is 0.133 e. The first-order valence-corrected chi connectivity index (χ1v) is 7.85. The van der Waals surface area contributed by atoms with Crippen LogP contribution in [0.15, 0.2) is 22.7 Å². The maximum Gasteiger partial charge on any atom is 0.133 e. The topological polar surface area (TPSA) is 21.3 Å². The lowest BCUT2D eigenvalue weighted by molar-refractivity contribution is 0.411. The van der Waals surface area contributed by atoms with E-state index in [0.29, 0.717) is 12.1 Å². The molecular weight excluding hydrogens is 298 g/mol. The average molecular weight is 318 g/mol. The van der Waals surface area contributed by atoms with Gasteiger partial charge in [-0.05, 0) is 53.7 Å². The summed E-state index contributed by atoms with van der Waals surface area (Å²) in [6.07, 6.45) is 2.13. The Balaban J connectivity index is 2.69. The molecule has 0 saturated carbocycles. The SMILES string of the molecule is COc1ccc(C(C)NC(C)CSC)cc1Br. The lowest BCUT2D eigenvalue weighted by atomic mass is 10.1. The number of nitrogens with one attached hydrogen (secondary N) is 1. The van der Waals surface area contributed by atoms with Gasteiger partial charge in [0.1, 0.15) is 5.75 Å². The van der Waals surface area contributed by atoms with Crippen molar-refractivity contribution in [2.24, 2.45) is 0 Å². The number of thioether (sulfide) groups is 1. The second-order valence-corrected chi connectivity index (χ2v) is 5.90. The Labute approximate surface area is 117 Å². The molecule has 0 saturated heterocycles. The molecule has 1 rings (SSSR count). The van der Waals surface area contributed by atoms with Crippen LogP contribution in [0, 0.1) is 0 Å². The minimum absolute atomic E-state index is 0.347. The number of methoxy groups -OCH3 is 1. The van der Waals surface area contributed by atoms with Crippen LogP contribution < -0.4 is 10.1 Å². The molecule has 0 bridgehead atoms. The van der Waals surface area contributed by atoms with Gasteiger partial charge in [0, 0.05) is 17.8 Å². The highest BCUT2D eigenvalue weighted by atomic mass is 79.9. The third-order valence-corrected chi connectivity index (χ3v) is 4.08. The molecule has 2 nitrogen and oxygen atoms in total. The zero-order valence-corrected chi connectivity index (χ0v) is 13.2. The lowest BCUT2D eigenvalue weighted by Crippen LogP contribution is -2.30. The Hall–Kier alpha value is -0.190. The fraction of sp³-hybridized carbons (Fsp3) is 0.538. The Morgan fingerprint density at radius 1 is 1.41 bits per heavy atom. The summed E-state index contributed by atoms with van der Waals surface area (Å²) in [6.45, 7) is 4.40. The molecule has 0 amide bonds. The molecule has 1 aromatic carbocycles. The van der Waals surface area contributed by atoms with Gasteiger partial charge in [0.25, 0.3) is 0 Å². The number of ether oxygens (including phenoxy) is 1. The quantitative estimate of drug-likeness (QED) is 0.860. The number of benzene rings is 1. The normalized spacial score (nSPS) is 14.4.